The highest BCUT2D eigenvalue weighted by molar-refractivity contribution is 7.90. The average Bonchev–Trinajstić information content (AvgIpc) is 2.48. The topological polar surface area (TPSA) is 46.2 Å². The van der Waals surface area contributed by atoms with Crippen molar-refractivity contribution in [1.29, 1.82) is 0 Å². The van der Waals surface area contributed by atoms with Crippen molar-refractivity contribution in [2.45, 2.75) is 24.3 Å². The van der Waals surface area contributed by atoms with Crippen molar-refractivity contribution in [3.63, 3.8) is 0 Å². The van der Waals surface area contributed by atoms with Crippen LogP contribution in [0.25, 0.3) is 0 Å². The molecule has 1 N–H and O–H groups in total. The molecule has 0 amide bonds. The molecule has 112 valence electrons. The Kier molecular flexibility index (Phi) is 5.15. The zero-order chi connectivity index (χ0) is 15.3. The van der Waals surface area contributed by atoms with Crippen LogP contribution in [-0.2, 0) is 9.84 Å². The fraction of sp³-hybridized carbons (Fsp3) is 0.294. The van der Waals surface area contributed by atoms with E-state index in [-0.39, 0.29) is 6.04 Å². The molecule has 0 aromatic heterocycles. The Morgan fingerprint density at radius 1 is 1.00 bits per heavy atom. The molecule has 0 fully saturated rings. The molecular weight excluding hydrogens is 282 g/mol. The molecule has 0 aliphatic heterocycles. The number of sulfone groups is 1. The molecule has 0 spiro atoms. The van der Waals surface area contributed by atoms with E-state index in [4.69, 9.17) is 0 Å². The molecule has 2 aromatic carbocycles. The molecule has 4 heteroatoms. The van der Waals surface area contributed by atoms with Crippen LogP contribution in [0.3, 0.4) is 0 Å². The summed E-state index contributed by atoms with van der Waals surface area (Å²) in [7, 11) is -3.19. The molecule has 21 heavy (non-hydrogen) atoms. The van der Waals surface area contributed by atoms with Crippen LogP contribution in [0.5, 0.6) is 0 Å². The average molecular weight is 303 g/mol. The largest absolute Gasteiger partial charge is 0.306 e. The van der Waals surface area contributed by atoms with Gasteiger partial charge in [0, 0.05) is 6.26 Å². The summed E-state index contributed by atoms with van der Waals surface area (Å²) in [5.41, 5.74) is 2.11. The number of nitrogens with one attached hydrogen (secondary N) is 1. The van der Waals surface area contributed by atoms with E-state index in [1.54, 1.807) is 18.2 Å². The summed E-state index contributed by atoms with van der Waals surface area (Å²) in [5.74, 6) is 0. The minimum atomic E-state index is -3.19. The molecule has 2 aromatic rings. The van der Waals surface area contributed by atoms with Gasteiger partial charge < -0.3 is 5.32 Å². The third-order valence-electron chi connectivity index (χ3n) is 3.35. The molecule has 3 nitrogen and oxygen atoms in total. The van der Waals surface area contributed by atoms with Crippen molar-refractivity contribution in [3.8, 4) is 0 Å². The lowest BCUT2D eigenvalue weighted by molar-refractivity contribution is 0.593. The third kappa shape index (κ3) is 4.16. The zero-order valence-corrected chi connectivity index (χ0v) is 13.2. The van der Waals surface area contributed by atoms with Gasteiger partial charge in [-0.25, -0.2) is 8.42 Å². The molecule has 0 radical (unpaired) electrons. The number of benzene rings is 2. The first-order valence-electron chi connectivity index (χ1n) is 7.10. The zero-order valence-electron chi connectivity index (χ0n) is 12.4. The summed E-state index contributed by atoms with van der Waals surface area (Å²) in [5, 5.41) is 3.49. The van der Waals surface area contributed by atoms with Gasteiger partial charge in [0.15, 0.2) is 9.84 Å². The van der Waals surface area contributed by atoms with Gasteiger partial charge >= 0.3 is 0 Å². The molecule has 0 saturated heterocycles. The summed E-state index contributed by atoms with van der Waals surface area (Å²) in [6.45, 7) is 2.99. The van der Waals surface area contributed by atoms with Crippen molar-refractivity contribution in [3.05, 3.63) is 65.7 Å². The Labute approximate surface area is 126 Å². The first kappa shape index (κ1) is 15.7. The number of rotatable bonds is 6. The second-order valence-electron chi connectivity index (χ2n) is 5.14. The molecule has 0 heterocycles. The van der Waals surface area contributed by atoms with Crippen molar-refractivity contribution in [1.82, 2.24) is 5.32 Å². The van der Waals surface area contributed by atoms with Gasteiger partial charge in [0.05, 0.1) is 10.9 Å². The van der Waals surface area contributed by atoms with Crippen LogP contribution in [0.2, 0.25) is 0 Å². The van der Waals surface area contributed by atoms with Gasteiger partial charge in [-0.2, -0.15) is 0 Å². The molecule has 2 rings (SSSR count). The fourth-order valence-corrected chi connectivity index (χ4v) is 2.96. The fourth-order valence-electron chi connectivity index (χ4n) is 2.29. The maximum atomic E-state index is 11.7. The van der Waals surface area contributed by atoms with Crippen molar-refractivity contribution in [2.75, 3.05) is 12.8 Å². The van der Waals surface area contributed by atoms with Gasteiger partial charge in [-0.05, 0) is 36.2 Å². The van der Waals surface area contributed by atoms with E-state index in [1.807, 2.05) is 24.3 Å². The maximum absolute atomic E-state index is 11.7. The summed E-state index contributed by atoms with van der Waals surface area (Å²) in [6, 6.07) is 17.3. The van der Waals surface area contributed by atoms with Gasteiger partial charge in [0.1, 0.15) is 0 Å². The van der Waals surface area contributed by atoms with Crippen molar-refractivity contribution >= 4 is 9.84 Å². The highest BCUT2D eigenvalue weighted by Gasteiger charge is 2.15. The SMILES string of the molecule is CCCNC(c1ccccc1)c1cccc(S(C)(=O)=O)c1. The molecule has 0 saturated carbocycles. The maximum Gasteiger partial charge on any atom is 0.175 e. The molecule has 0 aliphatic carbocycles. The van der Waals surface area contributed by atoms with E-state index in [0.29, 0.717) is 4.90 Å². The summed E-state index contributed by atoms with van der Waals surface area (Å²) in [6.07, 6.45) is 2.26. The molecule has 1 unspecified atom stereocenters. The first-order chi connectivity index (χ1) is 10.0. The second kappa shape index (κ2) is 6.87. The van der Waals surface area contributed by atoms with E-state index < -0.39 is 9.84 Å². The standard InChI is InChI=1S/C17H21NO2S/c1-3-12-18-17(14-8-5-4-6-9-14)15-10-7-11-16(13-15)21(2,19)20/h4-11,13,17-18H,3,12H2,1-2H3. The summed E-state index contributed by atoms with van der Waals surface area (Å²) >= 11 is 0. The molecular formula is C17H21NO2S. The lowest BCUT2D eigenvalue weighted by atomic mass is 9.98. The Morgan fingerprint density at radius 2 is 1.67 bits per heavy atom. The third-order valence-corrected chi connectivity index (χ3v) is 4.46. The monoisotopic (exact) mass is 303 g/mol. The first-order valence-corrected chi connectivity index (χ1v) is 9.00. The van der Waals surface area contributed by atoms with Crippen LogP contribution in [0, 0.1) is 0 Å². The van der Waals surface area contributed by atoms with Crippen LogP contribution < -0.4 is 5.32 Å². The predicted molar refractivity (Wildman–Crippen MR) is 86.1 cm³/mol. The Morgan fingerprint density at radius 3 is 2.29 bits per heavy atom. The lowest BCUT2D eigenvalue weighted by Gasteiger charge is -2.20. The van der Waals surface area contributed by atoms with E-state index in [2.05, 4.69) is 24.4 Å². The van der Waals surface area contributed by atoms with Gasteiger partial charge in [0.25, 0.3) is 0 Å². The minimum Gasteiger partial charge on any atom is -0.306 e. The van der Waals surface area contributed by atoms with E-state index in [0.717, 1.165) is 24.1 Å². The smallest absolute Gasteiger partial charge is 0.175 e. The van der Waals surface area contributed by atoms with Gasteiger partial charge in [0.2, 0.25) is 0 Å². The highest BCUT2D eigenvalue weighted by Crippen LogP contribution is 2.24. The van der Waals surface area contributed by atoms with Crippen LogP contribution in [0.1, 0.15) is 30.5 Å². The minimum absolute atomic E-state index is 0.00727. The summed E-state index contributed by atoms with van der Waals surface area (Å²) < 4.78 is 23.5. The lowest BCUT2D eigenvalue weighted by Crippen LogP contribution is -2.23. The Bertz CT molecular complexity index is 681. The number of hydrogen-bond acceptors (Lipinski definition) is 3. The highest BCUT2D eigenvalue weighted by atomic mass is 32.2. The quantitative estimate of drug-likeness (QED) is 0.891. The summed E-state index contributed by atoms with van der Waals surface area (Å²) in [4.78, 5) is 0.360. The Balaban J connectivity index is 2.42. The van der Waals surface area contributed by atoms with Crippen LogP contribution in [-0.4, -0.2) is 21.2 Å². The van der Waals surface area contributed by atoms with E-state index in [9.17, 15) is 8.42 Å². The predicted octanol–water partition coefficient (Wildman–Crippen LogP) is 3.18. The molecule has 0 aliphatic rings. The van der Waals surface area contributed by atoms with Crippen molar-refractivity contribution < 1.29 is 8.42 Å². The van der Waals surface area contributed by atoms with Gasteiger partial charge in [-0.15, -0.1) is 0 Å². The second-order valence-corrected chi connectivity index (χ2v) is 7.16. The van der Waals surface area contributed by atoms with Crippen LogP contribution >= 0.6 is 0 Å². The van der Waals surface area contributed by atoms with Crippen LogP contribution in [0.4, 0.5) is 0 Å². The number of hydrogen-bond donors (Lipinski definition) is 1. The van der Waals surface area contributed by atoms with Gasteiger partial charge in [-0.1, -0.05) is 49.4 Å². The van der Waals surface area contributed by atoms with E-state index in [1.165, 1.54) is 6.26 Å². The van der Waals surface area contributed by atoms with Gasteiger partial charge in [-0.3, -0.25) is 0 Å². The molecule has 0 bridgehead atoms. The van der Waals surface area contributed by atoms with E-state index >= 15 is 0 Å². The van der Waals surface area contributed by atoms with Crippen molar-refractivity contribution in [2.24, 2.45) is 0 Å². The molecule has 1 atom stereocenters. The normalized spacial score (nSPS) is 13.0. The van der Waals surface area contributed by atoms with Crippen LogP contribution in [0.15, 0.2) is 59.5 Å². The Hall–Kier alpha value is -1.65.